The summed E-state index contributed by atoms with van der Waals surface area (Å²) in [5.41, 5.74) is 1.68. The van der Waals surface area contributed by atoms with Crippen molar-refractivity contribution in [2.75, 3.05) is 24.5 Å². The van der Waals surface area contributed by atoms with E-state index in [2.05, 4.69) is 24.1 Å². The first-order valence-corrected chi connectivity index (χ1v) is 7.94. The van der Waals surface area contributed by atoms with Crippen LogP contribution in [0.1, 0.15) is 45.7 Å². The Bertz CT molecular complexity index is 456. The van der Waals surface area contributed by atoms with Crippen LogP contribution < -0.4 is 10.2 Å². The van der Waals surface area contributed by atoms with Gasteiger partial charge in [0.25, 0.3) is 0 Å². The van der Waals surface area contributed by atoms with Crippen molar-refractivity contribution in [3.8, 4) is 0 Å². The van der Waals surface area contributed by atoms with E-state index in [-0.39, 0.29) is 24.1 Å². The summed E-state index contributed by atoms with van der Waals surface area (Å²) in [6, 6.07) is 5.76. The van der Waals surface area contributed by atoms with E-state index in [1.807, 2.05) is 26.0 Å². The normalized spacial score (nSPS) is 24.1. The van der Waals surface area contributed by atoms with Gasteiger partial charge in [-0.3, -0.25) is 0 Å². The summed E-state index contributed by atoms with van der Waals surface area (Å²) in [4.78, 5) is 2.09. The van der Waals surface area contributed by atoms with Crippen LogP contribution in [0.4, 0.5) is 10.1 Å². The Morgan fingerprint density at radius 3 is 2.57 bits per heavy atom. The standard InChI is InChI=1S/C17H27FN2O/c1-5-8-19-14(4)15-6-7-17(16(18)9-15)20-10-12(2)21-13(3)11-20/h6-7,9,12-14,19H,5,8,10-11H2,1-4H3. The average Bonchev–Trinajstić information content (AvgIpc) is 2.43. The van der Waals surface area contributed by atoms with Gasteiger partial charge in [0.2, 0.25) is 0 Å². The van der Waals surface area contributed by atoms with E-state index < -0.39 is 0 Å². The Morgan fingerprint density at radius 2 is 2.00 bits per heavy atom. The number of benzene rings is 1. The lowest BCUT2D eigenvalue weighted by molar-refractivity contribution is -0.00539. The molecule has 0 spiro atoms. The van der Waals surface area contributed by atoms with Crippen LogP contribution in [-0.4, -0.2) is 31.8 Å². The van der Waals surface area contributed by atoms with Crippen molar-refractivity contribution < 1.29 is 9.13 Å². The lowest BCUT2D eigenvalue weighted by Crippen LogP contribution is -2.45. The zero-order chi connectivity index (χ0) is 15.4. The molecule has 1 aliphatic rings. The SMILES string of the molecule is CCCNC(C)c1ccc(N2CC(C)OC(C)C2)c(F)c1. The van der Waals surface area contributed by atoms with Gasteiger partial charge in [-0.1, -0.05) is 13.0 Å². The first-order valence-electron chi connectivity index (χ1n) is 7.94. The summed E-state index contributed by atoms with van der Waals surface area (Å²) in [6.07, 6.45) is 1.35. The maximum Gasteiger partial charge on any atom is 0.146 e. The fourth-order valence-corrected chi connectivity index (χ4v) is 2.90. The molecule has 0 radical (unpaired) electrons. The molecule has 4 heteroatoms. The third-order valence-electron chi connectivity index (χ3n) is 3.93. The molecule has 0 bridgehead atoms. The fraction of sp³-hybridized carbons (Fsp3) is 0.647. The highest BCUT2D eigenvalue weighted by Crippen LogP contribution is 2.26. The Labute approximate surface area is 127 Å². The molecule has 118 valence electrons. The van der Waals surface area contributed by atoms with E-state index in [1.165, 1.54) is 0 Å². The Kier molecular flexibility index (Phi) is 5.59. The quantitative estimate of drug-likeness (QED) is 0.899. The molecule has 1 N–H and O–H groups in total. The van der Waals surface area contributed by atoms with Crippen LogP contribution in [0.2, 0.25) is 0 Å². The van der Waals surface area contributed by atoms with Crippen LogP contribution in [0, 0.1) is 5.82 Å². The number of morpholine rings is 1. The van der Waals surface area contributed by atoms with Gasteiger partial charge in [-0.05, 0) is 51.4 Å². The van der Waals surface area contributed by atoms with Crippen LogP contribution in [0.5, 0.6) is 0 Å². The molecule has 21 heavy (non-hydrogen) atoms. The van der Waals surface area contributed by atoms with Gasteiger partial charge in [-0.15, -0.1) is 0 Å². The lowest BCUT2D eigenvalue weighted by Gasteiger charge is -2.37. The van der Waals surface area contributed by atoms with Crippen molar-refractivity contribution >= 4 is 5.69 Å². The molecule has 3 atom stereocenters. The second-order valence-corrected chi connectivity index (χ2v) is 6.05. The average molecular weight is 294 g/mol. The molecule has 0 aliphatic carbocycles. The molecule has 1 aliphatic heterocycles. The van der Waals surface area contributed by atoms with E-state index in [0.29, 0.717) is 5.69 Å². The number of rotatable bonds is 5. The van der Waals surface area contributed by atoms with Crippen molar-refractivity contribution in [2.45, 2.75) is 52.4 Å². The molecule has 1 aromatic carbocycles. The minimum atomic E-state index is -0.140. The topological polar surface area (TPSA) is 24.5 Å². The molecule has 0 saturated carbocycles. The lowest BCUT2D eigenvalue weighted by atomic mass is 10.1. The van der Waals surface area contributed by atoms with Crippen LogP contribution in [0.15, 0.2) is 18.2 Å². The third kappa shape index (κ3) is 4.17. The molecular weight excluding hydrogens is 267 g/mol. The molecule has 1 saturated heterocycles. The minimum Gasteiger partial charge on any atom is -0.372 e. The Hall–Kier alpha value is -1.13. The predicted molar refractivity (Wildman–Crippen MR) is 85.3 cm³/mol. The highest BCUT2D eigenvalue weighted by atomic mass is 19.1. The largest absolute Gasteiger partial charge is 0.372 e. The predicted octanol–water partition coefficient (Wildman–Crippen LogP) is 3.50. The number of nitrogens with zero attached hydrogens (tertiary/aromatic N) is 1. The van der Waals surface area contributed by atoms with E-state index >= 15 is 0 Å². The maximum atomic E-state index is 14.5. The summed E-state index contributed by atoms with van der Waals surface area (Å²) in [6.45, 7) is 10.7. The van der Waals surface area contributed by atoms with Crippen molar-refractivity contribution in [2.24, 2.45) is 0 Å². The molecule has 3 unspecified atom stereocenters. The number of hydrogen-bond acceptors (Lipinski definition) is 3. The smallest absolute Gasteiger partial charge is 0.146 e. The molecular formula is C17H27FN2O. The van der Waals surface area contributed by atoms with E-state index in [0.717, 1.165) is 31.6 Å². The minimum absolute atomic E-state index is 0.137. The monoisotopic (exact) mass is 294 g/mol. The number of hydrogen-bond donors (Lipinski definition) is 1. The maximum absolute atomic E-state index is 14.5. The third-order valence-corrected chi connectivity index (χ3v) is 3.93. The van der Waals surface area contributed by atoms with Crippen molar-refractivity contribution in [3.05, 3.63) is 29.6 Å². The second kappa shape index (κ2) is 7.23. The van der Waals surface area contributed by atoms with Gasteiger partial charge in [0, 0.05) is 19.1 Å². The number of halogens is 1. The molecule has 3 nitrogen and oxygen atoms in total. The second-order valence-electron chi connectivity index (χ2n) is 6.05. The zero-order valence-corrected chi connectivity index (χ0v) is 13.5. The molecule has 1 fully saturated rings. The molecule has 0 amide bonds. The van der Waals surface area contributed by atoms with Crippen LogP contribution in [0.25, 0.3) is 0 Å². The van der Waals surface area contributed by atoms with Gasteiger partial charge >= 0.3 is 0 Å². The van der Waals surface area contributed by atoms with E-state index in [1.54, 1.807) is 6.07 Å². The number of anilines is 1. The van der Waals surface area contributed by atoms with Gasteiger partial charge < -0.3 is 15.0 Å². The fourth-order valence-electron chi connectivity index (χ4n) is 2.90. The summed E-state index contributed by atoms with van der Waals surface area (Å²) in [5.74, 6) is -0.140. The van der Waals surface area contributed by atoms with Crippen molar-refractivity contribution in [3.63, 3.8) is 0 Å². The van der Waals surface area contributed by atoms with Crippen LogP contribution in [-0.2, 0) is 4.74 Å². The first-order chi connectivity index (χ1) is 10.0. The molecule has 2 rings (SSSR count). The molecule has 1 aromatic rings. The molecule has 1 heterocycles. The highest BCUT2D eigenvalue weighted by molar-refractivity contribution is 5.50. The van der Waals surface area contributed by atoms with E-state index in [9.17, 15) is 4.39 Å². The highest BCUT2D eigenvalue weighted by Gasteiger charge is 2.24. The van der Waals surface area contributed by atoms with Gasteiger partial charge in [0.1, 0.15) is 5.82 Å². The van der Waals surface area contributed by atoms with Crippen LogP contribution >= 0.6 is 0 Å². The number of nitrogens with one attached hydrogen (secondary N) is 1. The summed E-state index contributed by atoms with van der Waals surface area (Å²) >= 11 is 0. The van der Waals surface area contributed by atoms with Crippen molar-refractivity contribution in [1.29, 1.82) is 0 Å². The summed E-state index contributed by atoms with van der Waals surface area (Å²) in [5, 5.41) is 3.39. The number of ether oxygens (including phenoxy) is 1. The zero-order valence-electron chi connectivity index (χ0n) is 13.5. The van der Waals surface area contributed by atoms with Gasteiger partial charge in [0.15, 0.2) is 0 Å². The van der Waals surface area contributed by atoms with Gasteiger partial charge in [-0.2, -0.15) is 0 Å². The van der Waals surface area contributed by atoms with Gasteiger partial charge in [-0.25, -0.2) is 4.39 Å². The summed E-state index contributed by atoms with van der Waals surface area (Å²) in [7, 11) is 0. The molecule has 0 aromatic heterocycles. The Morgan fingerprint density at radius 1 is 1.33 bits per heavy atom. The first kappa shape index (κ1) is 16.2. The van der Waals surface area contributed by atoms with Crippen molar-refractivity contribution in [1.82, 2.24) is 5.32 Å². The summed E-state index contributed by atoms with van der Waals surface area (Å²) < 4.78 is 20.2. The Balaban J connectivity index is 2.11. The van der Waals surface area contributed by atoms with Crippen LogP contribution in [0.3, 0.4) is 0 Å². The van der Waals surface area contributed by atoms with E-state index in [4.69, 9.17) is 4.74 Å². The van der Waals surface area contributed by atoms with Gasteiger partial charge in [0.05, 0.1) is 17.9 Å².